The van der Waals surface area contributed by atoms with E-state index < -0.39 is 35.0 Å². The number of alkyl carbamates (subject to hydrolysis) is 1. The molecule has 0 heterocycles. The summed E-state index contributed by atoms with van der Waals surface area (Å²) in [5.74, 6) is -1.81. The van der Waals surface area contributed by atoms with Gasteiger partial charge >= 0.3 is 24.0 Å². The molecule has 0 spiro atoms. The van der Waals surface area contributed by atoms with Crippen molar-refractivity contribution < 1.29 is 38.1 Å². The van der Waals surface area contributed by atoms with Crippen LogP contribution in [0, 0.1) is 5.41 Å². The topological polar surface area (TPSA) is 117 Å². The van der Waals surface area contributed by atoms with Crippen LogP contribution in [0.1, 0.15) is 34.1 Å². The van der Waals surface area contributed by atoms with E-state index in [9.17, 15) is 19.2 Å². The van der Waals surface area contributed by atoms with Crippen LogP contribution in [-0.2, 0) is 33.3 Å². The van der Waals surface area contributed by atoms with Crippen LogP contribution >= 0.6 is 0 Å². The molecule has 1 N–H and O–H groups in total. The number of esters is 3. The maximum absolute atomic E-state index is 12.0. The third-order valence-corrected chi connectivity index (χ3v) is 3.79. The van der Waals surface area contributed by atoms with Crippen LogP contribution in [0.15, 0.2) is 25.3 Å². The normalized spacial score (nSPS) is 11.0. The monoisotopic (exact) mass is 399 g/mol. The van der Waals surface area contributed by atoms with E-state index in [1.807, 2.05) is 6.92 Å². The van der Waals surface area contributed by atoms with Crippen molar-refractivity contribution >= 4 is 24.0 Å². The van der Waals surface area contributed by atoms with Gasteiger partial charge < -0.3 is 24.3 Å². The van der Waals surface area contributed by atoms with Gasteiger partial charge in [-0.15, -0.1) is 0 Å². The molecule has 158 valence electrons. The summed E-state index contributed by atoms with van der Waals surface area (Å²) < 4.78 is 19.8. The summed E-state index contributed by atoms with van der Waals surface area (Å²) in [5, 5.41) is 2.46. The maximum atomic E-state index is 12.0. The number of amides is 1. The Morgan fingerprint density at radius 3 is 1.75 bits per heavy atom. The molecule has 0 saturated heterocycles. The Kier molecular flexibility index (Phi) is 10.6. The Bertz CT molecular complexity index is 573. The van der Waals surface area contributed by atoms with Crippen molar-refractivity contribution in [2.75, 3.05) is 26.4 Å². The fourth-order valence-corrected chi connectivity index (χ4v) is 1.58. The van der Waals surface area contributed by atoms with E-state index in [1.54, 1.807) is 13.8 Å². The van der Waals surface area contributed by atoms with Gasteiger partial charge in [-0.2, -0.15) is 0 Å². The first-order valence-corrected chi connectivity index (χ1v) is 8.70. The Balaban J connectivity index is 4.62. The van der Waals surface area contributed by atoms with Crippen molar-refractivity contribution in [2.45, 2.75) is 39.7 Å². The summed E-state index contributed by atoms with van der Waals surface area (Å²) in [4.78, 5) is 46.3. The molecule has 0 rings (SSSR count). The number of ether oxygens (including phenoxy) is 4. The Hall–Kier alpha value is -2.84. The Morgan fingerprint density at radius 1 is 0.857 bits per heavy atom. The molecule has 0 aliphatic heterocycles. The molecule has 9 heteroatoms. The molecule has 0 unspecified atom stereocenters. The van der Waals surface area contributed by atoms with Gasteiger partial charge in [0.1, 0.15) is 32.0 Å². The highest BCUT2D eigenvalue weighted by Crippen LogP contribution is 2.21. The minimum absolute atomic E-state index is 0.108. The van der Waals surface area contributed by atoms with Gasteiger partial charge in [0.25, 0.3) is 0 Å². The zero-order valence-corrected chi connectivity index (χ0v) is 16.9. The molecule has 0 atom stereocenters. The second-order valence-electron chi connectivity index (χ2n) is 6.82. The van der Waals surface area contributed by atoms with Crippen molar-refractivity contribution in [2.24, 2.45) is 5.41 Å². The lowest BCUT2D eigenvalue weighted by molar-refractivity contribution is -0.155. The fourth-order valence-electron chi connectivity index (χ4n) is 1.58. The van der Waals surface area contributed by atoms with Crippen molar-refractivity contribution in [3.05, 3.63) is 25.3 Å². The smallest absolute Gasteiger partial charge is 0.407 e. The molecule has 0 aliphatic rings. The van der Waals surface area contributed by atoms with Gasteiger partial charge in [0.2, 0.25) is 0 Å². The van der Waals surface area contributed by atoms with E-state index in [0.717, 1.165) is 12.2 Å². The van der Waals surface area contributed by atoms with Crippen LogP contribution < -0.4 is 5.32 Å². The fraction of sp³-hybridized carbons (Fsp3) is 0.579. The lowest BCUT2D eigenvalue weighted by atomic mass is 9.91. The third-order valence-electron chi connectivity index (χ3n) is 3.79. The first-order valence-electron chi connectivity index (χ1n) is 8.70. The van der Waals surface area contributed by atoms with Crippen molar-refractivity contribution in [1.29, 1.82) is 0 Å². The van der Waals surface area contributed by atoms with E-state index >= 15 is 0 Å². The van der Waals surface area contributed by atoms with Crippen LogP contribution in [0.2, 0.25) is 0 Å². The van der Waals surface area contributed by atoms with Gasteiger partial charge in [-0.05, 0) is 27.2 Å². The van der Waals surface area contributed by atoms with Gasteiger partial charge in [-0.3, -0.25) is 4.79 Å². The van der Waals surface area contributed by atoms with Crippen molar-refractivity contribution in [1.82, 2.24) is 5.32 Å². The summed E-state index contributed by atoms with van der Waals surface area (Å²) in [7, 11) is 0. The average Bonchev–Trinajstić information content (AvgIpc) is 2.67. The standard InChI is InChI=1S/C19H29NO8/c1-7-14(21)27-12-19(6,13-28-15(22)8-2)20-17(24)26-11-10-25-16(23)18(4,5)9-3/h7-8H,1-2,9-13H2,3-6H3,(H,20,24). The summed E-state index contributed by atoms with van der Waals surface area (Å²) in [6.07, 6.45) is 1.66. The number of nitrogens with one attached hydrogen (secondary N) is 1. The molecule has 0 aromatic carbocycles. The summed E-state index contributed by atoms with van der Waals surface area (Å²) in [5.41, 5.74) is -1.87. The molecule has 28 heavy (non-hydrogen) atoms. The van der Waals surface area contributed by atoms with E-state index in [2.05, 4.69) is 18.5 Å². The van der Waals surface area contributed by atoms with Gasteiger partial charge in [0.15, 0.2) is 0 Å². The maximum Gasteiger partial charge on any atom is 0.407 e. The summed E-state index contributed by atoms with van der Waals surface area (Å²) >= 11 is 0. The highest BCUT2D eigenvalue weighted by Gasteiger charge is 2.31. The van der Waals surface area contributed by atoms with E-state index in [0.29, 0.717) is 6.42 Å². The number of carbonyl (C=O) groups excluding carboxylic acids is 4. The number of hydrogen-bond acceptors (Lipinski definition) is 8. The molecule has 0 radical (unpaired) electrons. The van der Waals surface area contributed by atoms with Crippen LogP contribution in [0.3, 0.4) is 0 Å². The zero-order chi connectivity index (χ0) is 21.8. The molecule has 0 aromatic heterocycles. The molecule has 0 aliphatic carbocycles. The summed E-state index contributed by atoms with van der Waals surface area (Å²) in [6.45, 7) is 12.5. The lowest BCUT2D eigenvalue weighted by Gasteiger charge is -2.29. The van der Waals surface area contributed by atoms with Crippen LogP contribution in [0.5, 0.6) is 0 Å². The Morgan fingerprint density at radius 2 is 1.32 bits per heavy atom. The SMILES string of the molecule is C=CC(=O)OCC(C)(COC(=O)C=C)NC(=O)OCCOC(=O)C(C)(C)CC. The van der Waals surface area contributed by atoms with Gasteiger partial charge in [-0.25, -0.2) is 14.4 Å². The van der Waals surface area contributed by atoms with Crippen LogP contribution in [0.4, 0.5) is 4.79 Å². The number of rotatable bonds is 12. The predicted molar refractivity (Wildman–Crippen MR) is 100 cm³/mol. The number of hydrogen-bond donors (Lipinski definition) is 1. The molecule has 0 saturated carbocycles. The van der Waals surface area contributed by atoms with Gasteiger partial charge in [0, 0.05) is 12.2 Å². The van der Waals surface area contributed by atoms with E-state index in [-0.39, 0.29) is 26.4 Å². The number of carbonyl (C=O) groups is 4. The van der Waals surface area contributed by atoms with Crippen molar-refractivity contribution in [3.63, 3.8) is 0 Å². The Labute approximate surface area is 165 Å². The zero-order valence-electron chi connectivity index (χ0n) is 16.9. The largest absolute Gasteiger partial charge is 0.462 e. The molecule has 0 fully saturated rings. The van der Waals surface area contributed by atoms with E-state index in [4.69, 9.17) is 18.9 Å². The van der Waals surface area contributed by atoms with Crippen LogP contribution in [-0.4, -0.2) is 56.0 Å². The minimum atomic E-state index is -1.25. The second kappa shape index (κ2) is 11.8. The average molecular weight is 399 g/mol. The first kappa shape index (κ1) is 25.2. The molecule has 0 bridgehead atoms. The van der Waals surface area contributed by atoms with Gasteiger partial charge in [0.05, 0.1) is 5.41 Å². The lowest BCUT2D eigenvalue weighted by Crippen LogP contribution is -2.53. The molecular formula is C19H29NO8. The molecule has 1 amide bonds. The second-order valence-corrected chi connectivity index (χ2v) is 6.82. The highest BCUT2D eigenvalue weighted by atomic mass is 16.6. The van der Waals surface area contributed by atoms with E-state index in [1.165, 1.54) is 6.92 Å². The van der Waals surface area contributed by atoms with Gasteiger partial charge in [-0.1, -0.05) is 20.1 Å². The quantitative estimate of drug-likeness (QED) is 0.229. The van der Waals surface area contributed by atoms with Crippen molar-refractivity contribution in [3.8, 4) is 0 Å². The predicted octanol–water partition coefficient (Wildman–Crippen LogP) is 1.91. The molecular weight excluding hydrogens is 370 g/mol. The minimum Gasteiger partial charge on any atom is -0.462 e. The highest BCUT2D eigenvalue weighted by molar-refractivity contribution is 5.82. The molecule has 0 aromatic rings. The van der Waals surface area contributed by atoms with Crippen LogP contribution in [0.25, 0.3) is 0 Å². The first-order chi connectivity index (χ1) is 13.0. The third kappa shape index (κ3) is 9.75. The molecule has 9 nitrogen and oxygen atoms in total. The summed E-state index contributed by atoms with van der Waals surface area (Å²) in [6, 6.07) is 0.